The van der Waals surface area contributed by atoms with Gasteiger partial charge < -0.3 is 9.73 Å². The lowest BCUT2D eigenvalue weighted by atomic mass is 9.86. The summed E-state index contributed by atoms with van der Waals surface area (Å²) in [5, 5.41) is 3.15. The fourth-order valence-electron chi connectivity index (χ4n) is 3.34. The molecule has 1 aliphatic rings. The van der Waals surface area contributed by atoms with E-state index in [-0.39, 0.29) is 22.1 Å². The smallest absolute Gasteiger partial charge is 0.257 e. The highest BCUT2D eigenvalue weighted by Gasteiger charge is 2.26. The zero-order valence-electron chi connectivity index (χ0n) is 16.6. The Kier molecular flexibility index (Phi) is 6.36. The minimum absolute atomic E-state index is 0.0260. The van der Waals surface area contributed by atoms with E-state index < -0.39 is 10.0 Å². The van der Waals surface area contributed by atoms with Gasteiger partial charge in [-0.05, 0) is 43.9 Å². The number of nitrogens with zero attached hydrogens (tertiary/aromatic N) is 2. The molecule has 1 fully saturated rings. The van der Waals surface area contributed by atoms with Crippen molar-refractivity contribution >= 4 is 38.8 Å². The molecule has 154 valence electrons. The number of nitrogens with one attached hydrogen (secondary N) is 1. The van der Waals surface area contributed by atoms with Crippen LogP contribution in [0.4, 0.5) is 0 Å². The Labute approximate surface area is 170 Å². The van der Waals surface area contributed by atoms with Crippen molar-refractivity contribution in [3.63, 3.8) is 0 Å². The average Bonchev–Trinajstić information content (AvgIpc) is 3.04. The van der Waals surface area contributed by atoms with Crippen LogP contribution in [0, 0.1) is 5.92 Å². The number of rotatable bonds is 6. The first kappa shape index (κ1) is 21.1. The summed E-state index contributed by atoms with van der Waals surface area (Å²) in [5.41, 5.74) is 0.952. The number of carbonyl (C=O) groups is 1. The lowest BCUT2D eigenvalue weighted by molar-refractivity contribution is -0.121. The summed E-state index contributed by atoms with van der Waals surface area (Å²) in [4.78, 5) is 17.1. The number of hydrogen-bond acceptors (Lipinski definition) is 6. The molecule has 9 heteroatoms. The zero-order valence-corrected chi connectivity index (χ0v) is 18.3. The Morgan fingerprint density at radius 3 is 2.71 bits per heavy atom. The standard InChI is InChI=1S/C19H27N3O4S2/c1-12-7-5-6-8-15(12)20-18(23)13(2)27-19-21-16-11-14(9-10-17(16)26-19)28(24,25)22(3)4/h9-13,15H,5-8H2,1-4H3,(H,20,23)/t12-,13+,15+/m0/s1. The second-order valence-electron chi connectivity index (χ2n) is 7.53. The Morgan fingerprint density at radius 2 is 2.04 bits per heavy atom. The normalized spacial score (nSPS) is 21.8. The lowest BCUT2D eigenvalue weighted by Crippen LogP contribution is -2.44. The highest BCUT2D eigenvalue weighted by molar-refractivity contribution is 8.00. The van der Waals surface area contributed by atoms with E-state index in [1.165, 1.54) is 44.4 Å². The molecule has 28 heavy (non-hydrogen) atoms. The SMILES string of the molecule is C[C@@H](Sc1nc2cc(S(=O)(=O)N(C)C)ccc2o1)C(=O)N[C@@H]1CCCC[C@@H]1C. The first-order valence-electron chi connectivity index (χ1n) is 9.48. The van der Waals surface area contributed by atoms with Crippen molar-refractivity contribution < 1.29 is 17.6 Å². The first-order valence-corrected chi connectivity index (χ1v) is 11.8. The van der Waals surface area contributed by atoms with Crippen LogP contribution in [0.1, 0.15) is 39.5 Å². The van der Waals surface area contributed by atoms with E-state index in [1.807, 2.05) is 6.92 Å². The summed E-state index contributed by atoms with van der Waals surface area (Å²) in [6.45, 7) is 4.01. The van der Waals surface area contributed by atoms with Crippen molar-refractivity contribution in [2.45, 2.75) is 60.9 Å². The van der Waals surface area contributed by atoms with E-state index in [9.17, 15) is 13.2 Å². The van der Waals surface area contributed by atoms with Crippen molar-refractivity contribution in [2.24, 2.45) is 5.92 Å². The summed E-state index contributed by atoms with van der Waals surface area (Å²) >= 11 is 1.24. The van der Waals surface area contributed by atoms with Crippen LogP contribution in [0.2, 0.25) is 0 Å². The van der Waals surface area contributed by atoms with E-state index in [1.54, 1.807) is 6.07 Å². The lowest BCUT2D eigenvalue weighted by Gasteiger charge is -2.30. The summed E-state index contributed by atoms with van der Waals surface area (Å²) in [6.07, 6.45) is 4.55. The van der Waals surface area contributed by atoms with Gasteiger partial charge in [-0.15, -0.1) is 0 Å². The second-order valence-corrected chi connectivity index (χ2v) is 11.0. The summed E-state index contributed by atoms with van der Waals surface area (Å²) < 4.78 is 31.4. The number of benzene rings is 1. The molecule has 1 N–H and O–H groups in total. The molecule has 0 radical (unpaired) electrons. The monoisotopic (exact) mass is 425 g/mol. The quantitative estimate of drug-likeness (QED) is 0.714. The molecule has 1 aromatic carbocycles. The van der Waals surface area contributed by atoms with Crippen LogP contribution >= 0.6 is 11.8 Å². The van der Waals surface area contributed by atoms with Gasteiger partial charge in [-0.25, -0.2) is 17.7 Å². The molecule has 0 aliphatic heterocycles. The van der Waals surface area contributed by atoms with E-state index in [2.05, 4.69) is 17.2 Å². The van der Waals surface area contributed by atoms with Crippen molar-refractivity contribution in [1.82, 2.24) is 14.6 Å². The van der Waals surface area contributed by atoms with Crippen LogP contribution in [-0.4, -0.2) is 49.0 Å². The van der Waals surface area contributed by atoms with Crippen molar-refractivity contribution in [2.75, 3.05) is 14.1 Å². The van der Waals surface area contributed by atoms with Crippen LogP contribution in [0.5, 0.6) is 0 Å². The molecule has 2 aromatic rings. The topological polar surface area (TPSA) is 92.5 Å². The number of fused-ring (bicyclic) bond motifs is 1. The van der Waals surface area contributed by atoms with Crippen molar-refractivity contribution in [1.29, 1.82) is 0 Å². The Bertz CT molecular complexity index is 955. The van der Waals surface area contributed by atoms with Crippen LogP contribution in [0.15, 0.2) is 32.7 Å². The predicted molar refractivity (Wildman–Crippen MR) is 110 cm³/mol. The molecule has 1 aliphatic carbocycles. The van der Waals surface area contributed by atoms with Crippen LogP contribution in [0.3, 0.4) is 0 Å². The van der Waals surface area contributed by atoms with Gasteiger partial charge in [-0.3, -0.25) is 4.79 Å². The Hall–Kier alpha value is -1.58. The van der Waals surface area contributed by atoms with Gasteiger partial charge in [0.1, 0.15) is 5.52 Å². The second kappa shape index (κ2) is 8.42. The van der Waals surface area contributed by atoms with Gasteiger partial charge in [0, 0.05) is 20.1 Å². The number of thioether (sulfide) groups is 1. The maximum atomic E-state index is 12.6. The Balaban J connectivity index is 1.70. The molecule has 0 bridgehead atoms. The minimum Gasteiger partial charge on any atom is -0.431 e. The highest BCUT2D eigenvalue weighted by Crippen LogP contribution is 2.29. The van der Waals surface area contributed by atoms with Gasteiger partial charge in [0.05, 0.1) is 10.1 Å². The van der Waals surface area contributed by atoms with Gasteiger partial charge in [-0.2, -0.15) is 0 Å². The number of oxazole rings is 1. The maximum absolute atomic E-state index is 12.6. The van der Waals surface area contributed by atoms with E-state index in [0.717, 1.165) is 23.6 Å². The summed E-state index contributed by atoms with van der Waals surface area (Å²) in [5.74, 6) is 0.471. The van der Waals surface area contributed by atoms with Crippen molar-refractivity contribution in [3.05, 3.63) is 18.2 Å². The van der Waals surface area contributed by atoms with E-state index in [0.29, 0.717) is 22.2 Å². The third kappa shape index (κ3) is 4.52. The zero-order chi connectivity index (χ0) is 20.5. The van der Waals surface area contributed by atoms with Gasteiger partial charge in [0.15, 0.2) is 5.58 Å². The average molecular weight is 426 g/mol. The molecular weight excluding hydrogens is 398 g/mol. The Morgan fingerprint density at radius 1 is 1.32 bits per heavy atom. The summed E-state index contributed by atoms with van der Waals surface area (Å²) in [7, 11) is -0.570. The van der Waals surface area contributed by atoms with E-state index >= 15 is 0 Å². The first-order chi connectivity index (χ1) is 13.2. The van der Waals surface area contributed by atoms with E-state index in [4.69, 9.17) is 4.42 Å². The van der Waals surface area contributed by atoms with Gasteiger partial charge in [0.2, 0.25) is 15.9 Å². The third-order valence-electron chi connectivity index (χ3n) is 5.20. The predicted octanol–water partition coefficient (Wildman–Crippen LogP) is 3.25. The molecule has 1 amide bonds. The number of carbonyl (C=O) groups excluding carboxylic acids is 1. The third-order valence-corrected chi connectivity index (χ3v) is 7.96. The minimum atomic E-state index is -3.54. The fourth-order valence-corrected chi connectivity index (χ4v) is 5.03. The fraction of sp³-hybridized carbons (Fsp3) is 0.579. The molecule has 3 rings (SSSR count). The molecule has 0 unspecified atom stereocenters. The molecule has 1 heterocycles. The molecule has 1 aromatic heterocycles. The number of aromatic nitrogens is 1. The molecular formula is C19H27N3O4S2. The molecule has 0 saturated heterocycles. The summed E-state index contributed by atoms with van der Waals surface area (Å²) in [6, 6.07) is 4.81. The largest absolute Gasteiger partial charge is 0.431 e. The number of hydrogen-bond donors (Lipinski definition) is 1. The van der Waals surface area contributed by atoms with Crippen LogP contribution < -0.4 is 5.32 Å². The van der Waals surface area contributed by atoms with Gasteiger partial charge in [0.25, 0.3) is 5.22 Å². The number of amides is 1. The highest BCUT2D eigenvalue weighted by atomic mass is 32.2. The van der Waals surface area contributed by atoms with Gasteiger partial charge in [-0.1, -0.05) is 31.5 Å². The molecule has 0 spiro atoms. The molecule has 7 nitrogen and oxygen atoms in total. The van der Waals surface area contributed by atoms with Crippen LogP contribution in [-0.2, 0) is 14.8 Å². The molecule has 3 atom stereocenters. The number of sulfonamides is 1. The van der Waals surface area contributed by atoms with Crippen molar-refractivity contribution in [3.8, 4) is 0 Å². The van der Waals surface area contributed by atoms with Gasteiger partial charge >= 0.3 is 0 Å². The maximum Gasteiger partial charge on any atom is 0.257 e. The molecule has 1 saturated carbocycles. The van der Waals surface area contributed by atoms with Crippen LogP contribution in [0.25, 0.3) is 11.1 Å².